The zero-order valence-electron chi connectivity index (χ0n) is 9.94. The highest BCUT2D eigenvalue weighted by molar-refractivity contribution is 7.05. The number of nitrogens with two attached hydrogens (primary N) is 1. The maximum absolute atomic E-state index is 6.31. The maximum Gasteiger partial charge on any atom is 0.0832 e. The molecule has 0 fully saturated rings. The van der Waals surface area contributed by atoms with Gasteiger partial charge in [0.05, 0.1) is 16.6 Å². The maximum atomic E-state index is 6.31. The molecular weight excluding hydrogens is 218 g/mol. The smallest absolute Gasteiger partial charge is 0.0832 e. The quantitative estimate of drug-likeness (QED) is 0.822. The predicted molar refractivity (Wildman–Crippen MR) is 67.5 cm³/mol. The second kappa shape index (κ2) is 5.06. The average Bonchev–Trinajstić information content (AvgIpc) is 2.78. The molecule has 1 aromatic heterocycles. The Labute approximate surface area is 101 Å². The second-order valence-electron chi connectivity index (χ2n) is 4.68. The van der Waals surface area contributed by atoms with Crippen molar-refractivity contribution in [2.24, 2.45) is 5.73 Å². The Hall–Kier alpha value is -0.740. The predicted octanol–water partition coefficient (Wildman–Crippen LogP) is 3.16. The summed E-state index contributed by atoms with van der Waals surface area (Å²) in [6.45, 7) is 4.28. The summed E-state index contributed by atoms with van der Waals surface area (Å²) in [5.74, 6) is 0.406. The zero-order chi connectivity index (χ0) is 11.5. The molecule has 0 aromatic carbocycles. The van der Waals surface area contributed by atoms with Crippen molar-refractivity contribution in [3.05, 3.63) is 22.2 Å². The molecule has 1 aliphatic carbocycles. The van der Waals surface area contributed by atoms with Crippen LogP contribution in [0.5, 0.6) is 0 Å². The van der Waals surface area contributed by atoms with Crippen molar-refractivity contribution in [3.8, 4) is 0 Å². The van der Waals surface area contributed by atoms with Gasteiger partial charge in [0.25, 0.3) is 0 Å². The molecular formula is C12H19N3S. The first-order valence-corrected chi connectivity index (χ1v) is 6.74. The van der Waals surface area contributed by atoms with Gasteiger partial charge in [0, 0.05) is 0 Å². The number of aromatic nitrogens is 2. The van der Waals surface area contributed by atoms with E-state index >= 15 is 0 Å². The Bertz CT molecular complexity index is 381. The molecule has 2 rings (SSSR count). The SMILES string of the molecule is CC(C)c1nnsc1C(N)C1=CCCCC1. The normalized spacial score (nSPS) is 18.6. The highest BCUT2D eigenvalue weighted by Crippen LogP contribution is 2.33. The lowest BCUT2D eigenvalue weighted by Crippen LogP contribution is -2.15. The molecule has 1 atom stereocenters. The molecule has 2 N–H and O–H groups in total. The molecule has 4 heteroatoms. The summed E-state index contributed by atoms with van der Waals surface area (Å²) in [7, 11) is 0. The van der Waals surface area contributed by atoms with E-state index in [9.17, 15) is 0 Å². The van der Waals surface area contributed by atoms with Gasteiger partial charge < -0.3 is 5.73 Å². The minimum atomic E-state index is 0.0256. The van der Waals surface area contributed by atoms with Crippen molar-refractivity contribution < 1.29 is 0 Å². The second-order valence-corrected chi connectivity index (χ2v) is 5.47. The summed E-state index contributed by atoms with van der Waals surface area (Å²) in [5, 5.41) is 4.19. The number of rotatable bonds is 3. The van der Waals surface area contributed by atoms with Crippen LogP contribution in [-0.2, 0) is 0 Å². The van der Waals surface area contributed by atoms with E-state index in [2.05, 4.69) is 29.5 Å². The largest absolute Gasteiger partial charge is 0.320 e. The van der Waals surface area contributed by atoms with Gasteiger partial charge in [-0.25, -0.2) is 0 Å². The Morgan fingerprint density at radius 2 is 2.19 bits per heavy atom. The fourth-order valence-corrected chi connectivity index (χ4v) is 2.99. The fraction of sp³-hybridized carbons (Fsp3) is 0.667. The van der Waals surface area contributed by atoms with E-state index in [-0.39, 0.29) is 6.04 Å². The molecule has 0 amide bonds. The van der Waals surface area contributed by atoms with Crippen LogP contribution in [0.25, 0.3) is 0 Å². The van der Waals surface area contributed by atoms with E-state index in [1.165, 1.54) is 36.4 Å². The zero-order valence-corrected chi connectivity index (χ0v) is 10.8. The van der Waals surface area contributed by atoms with Crippen molar-refractivity contribution in [1.82, 2.24) is 9.59 Å². The minimum absolute atomic E-state index is 0.0256. The van der Waals surface area contributed by atoms with Crippen molar-refractivity contribution in [2.75, 3.05) is 0 Å². The van der Waals surface area contributed by atoms with Gasteiger partial charge in [-0.1, -0.05) is 30.0 Å². The summed E-state index contributed by atoms with van der Waals surface area (Å²) < 4.78 is 4.04. The molecule has 0 bridgehead atoms. The van der Waals surface area contributed by atoms with Crippen LogP contribution in [0, 0.1) is 0 Å². The molecule has 1 unspecified atom stereocenters. The number of hydrogen-bond acceptors (Lipinski definition) is 4. The Balaban J connectivity index is 2.22. The van der Waals surface area contributed by atoms with Crippen LogP contribution in [-0.4, -0.2) is 9.59 Å². The highest BCUT2D eigenvalue weighted by atomic mass is 32.1. The van der Waals surface area contributed by atoms with Gasteiger partial charge in [-0.05, 0) is 43.1 Å². The van der Waals surface area contributed by atoms with E-state index in [4.69, 9.17) is 5.73 Å². The van der Waals surface area contributed by atoms with E-state index in [1.54, 1.807) is 0 Å². The Morgan fingerprint density at radius 1 is 1.38 bits per heavy atom. The van der Waals surface area contributed by atoms with E-state index in [0.717, 1.165) is 17.0 Å². The van der Waals surface area contributed by atoms with Crippen LogP contribution in [0.3, 0.4) is 0 Å². The average molecular weight is 237 g/mol. The van der Waals surface area contributed by atoms with Gasteiger partial charge >= 0.3 is 0 Å². The van der Waals surface area contributed by atoms with E-state index in [1.807, 2.05) is 0 Å². The summed E-state index contributed by atoms with van der Waals surface area (Å²) in [5.41, 5.74) is 8.76. The van der Waals surface area contributed by atoms with Crippen LogP contribution in [0.4, 0.5) is 0 Å². The van der Waals surface area contributed by atoms with Crippen molar-refractivity contribution in [1.29, 1.82) is 0 Å². The third kappa shape index (κ3) is 2.33. The number of allylic oxidation sites excluding steroid dienone is 1. The number of hydrogen-bond donors (Lipinski definition) is 1. The highest BCUT2D eigenvalue weighted by Gasteiger charge is 2.21. The number of nitrogens with zero attached hydrogens (tertiary/aromatic N) is 2. The lowest BCUT2D eigenvalue weighted by atomic mass is 9.92. The Morgan fingerprint density at radius 3 is 2.81 bits per heavy atom. The van der Waals surface area contributed by atoms with Crippen LogP contribution < -0.4 is 5.73 Å². The van der Waals surface area contributed by atoms with Crippen molar-refractivity contribution in [2.45, 2.75) is 51.5 Å². The molecule has 0 radical (unpaired) electrons. The summed E-state index contributed by atoms with van der Waals surface area (Å²) >= 11 is 1.45. The van der Waals surface area contributed by atoms with Gasteiger partial charge in [0.2, 0.25) is 0 Å². The first-order valence-electron chi connectivity index (χ1n) is 5.96. The monoisotopic (exact) mass is 237 g/mol. The molecule has 16 heavy (non-hydrogen) atoms. The first-order chi connectivity index (χ1) is 7.70. The van der Waals surface area contributed by atoms with E-state index < -0.39 is 0 Å². The summed E-state index contributed by atoms with van der Waals surface area (Å²) in [4.78, 5) is 1.16. The topological polar surface area (TPSA) is 51.8 Å². The summed E-state index contributed by atoms with van der Waals surface area (Å²) in [6, 6.07) is 0.0256. The third-order valence-corrected chi connectivity index (χ3v) is 3.92. The molecule has 0 saturated heterocycles. The minimum Gasteiger partial charge on any atom is -0.320 e. The molecule has 88 valence electrons. The summed E-state index contributed by atoms with van der Waals surface area (Å²) in [6.07, 6.45) is 7.18. The van der Waals surface area contributed by atoms with Crippen LogP contribution in [0.2, 0.25) is 0 Å². The van der Waals surface area contributed by atoms with Gasteiger partial charge in [-0.3, -0.25) is 0 Å². The van der Waals surface area contributed by atoms with Gasteiger partial charge in [-0.2, -0.15) is 0 Å². The van der Waals surface area contributed by atoms with Gasteiger partial charge in [0.1, 0.15) is 0 Å². The van der Waals surface area contributed by atoms with Crippen molar-refractivity contribution in [3.63, 3.8) is 0 Å². The van der Waals surface area contributed by atoms with E-state index in [0.29, 0.717) is 5.92 Å². The molecule has 1 aliphatic rings. The Kier molecular flexibility index (Phi) is 3.71. The van der Waals surface area contributed by atoms with Crippen molar-refractivity contribution >= 4 is 11.5 Å². The molecule has 1 aromatic rings. The standard InChI is InChI=1S/C12H19N3S/c1-8(2)11-12(16-15-14-11)10(13)9-6-4-3-5-7-9/h6,8,10H,3-5,7,13H2,1-2H3. The lowest BCUT2D eigenvalue weighted by Gasteiger charge is -2.19. The van der Waals surface area contributed by atoms with Crippen LogP contribution >= 0.6 is 11.5 Å². The van der Waals surface area contributed by atoms with Crippen LogP contribution in [0.1, 0.15) is 62.1 Å². The van der Waals surface area contributed by atoms with Gasteiger partial charge in [0.15, 0.2) is 0 Å². The fourth-order valence-electron chi connectivity index (χ4n) is 2.13. The molecule has 0 aliphatic heterocycles. The molecule has 0 spiro atoms. The molecule has 0 saturated carbocycles. The van der Waals surface area contributed by atoms with Gasteiger partial charge in [-0.15, -0.1) is 5.10 Å². The lowest BCUT2D eigenvalue weighted by molar-refractivity contribution is 0.645. The molecule has 1 heterocycles. The molecule has 3 nitrogen and oxygen atoms in total. The van der Waals surface area contributed by atoms with Crippen LogP contribution in [0.15, 0.2) is 11.6 Å². The third-order valence-electron chi connectivity index (χ3n) is 3.10. The first kappa shape index (κ1) is 11.7.